The highest BCUT2D eigenvalue weighted by Gasteiger charge is 2.34. The average Bonchev–Trinajstić information content (AvgIpc) is 3.03. The van der Waals surface area contributed by atoms with Crippen LogP contribution in [0.25, 0.3) is 10.2 Å². The van der Waals surface area contributed by atoms with Gasteiger partial charge in [0.25, 0.3) is 0 Å². The van der Waals surface area contributed by atoms with Gasteiger partial charge in [-0.1, -0.05) is 6.07 Å². The van der Waals surface area contributed by atoms with Crippen molar-refractivity contribution in [1.82, 2.24) is 15.0 Å². The van der Waals surface area contributed by atoms with Crippen molar-refractivity contribution in [2.45, 2.75) is 19.1 Å². The summed E-state index contributed by atoms with van der Waals surface area (Å²) in [5.74, 6) is 0. The van der Waals surface area contributed by atoms with E-state index >= 15 is 0 Å². The van der Waals surface area contributed by atoms with E-state index in [1.54, 1.807) is 23.2 Å². The molecular weight excluding hydrogens is 303 g/mol. The first-order valence-corrected chi connectivity index (χ1v) is 7.22. The number of nitrogens with zero attached hydrogens (tertiary/aromatic N) is 3. The Morgan fingerprint density at radius 1 is 1.33 bits per heavy atom. The van der Waals surface area contributed by atoms with Gasteiger partial charge in [0.2, 0.25) is 6.41 Å². The minimum absolute atomic E-state index is 0.352. The summed E-state index contributed by atoms with van der Waals surface area (Å²) < 4.78 is 38.4. The number of thiazole rings is 1. The second-order valence-electron chi connectivity index (χ2n) is 4.83. The summed E-state index contributed by atoms with van der Waals surface area (Å²) >= 11 is 0.645. The zero-order valence-corrected chi connectivity index (χ0v) is 11.7. The van der Waals surface area contributed by atoms with E-state index in [1.165, 1.54) is 0 Å². The molecule has 1 amide bonds. The smallest absolute Gasteiger partial charge is 0.278 e. The highest BCUT2D eigenvalue weighted by atomic mass is 32.1. The number of amides is 1. The van der Waals surface area contributed by atoms with Crippen molar-refractivity contribution in [2.75, 3.05) is 13.1 Å². The molecule has 0 unspecified atom stereocenters. The summed E-state index contributed by atoms with van der Waals surface area (Å²) in [6, 6.07) is 5.06. The molecule has 1 aromatic carbocycles. The molecule has 8 heteroatoms. The van der Waals surface area contributed by atoms with Crippen molar-refractivity contribution in [3.63, 3.8) is 0 Å². The second kappa shape index (κ2) is 5.27. The molecule has 1 saturated heterocycles. The quantitative estimate of drug-likeness (QED) is 0.817. The molecule has 2 heterocycles. The van der Waals surface area contributed by atoms with Crippen molar-refractivity contribution >= 4 is 28.0 Å². The molecule has 1 fully saturated rings. The lowest BCUT2D eigenvalue weighted by molar-refractivity contribution is -0.137. The van der Waals surface area contributed by atoms with Crippen LogP contribution < -0.4 is 0 Å². The molecule has 112 valence electrons. The van der Waals surface area contributed by atoms with Gasteiger partial charge in [-0.2, -0.15) is 13.2 Å². The number of aromatic nitrogens is 1. The number of hydrogen-bond donors (Lipinski definition) is 0. The van der Waals surface area contributed by atoms with Crippen molar-refractivity contribution < 1.29 is 18.0 Å². The summed E-state index contributed by atoms with van der Waals surface area (Å²) in [6.45, 7) is 1.96. The van der Waals surface area contributed by atoms with Gasteiger partial charge < -0.3 is 0 Å². The molecule has 0 atom stereocenters. The number of fused-ring (bicyclic) bond motifs is 1. The lowest BCUT2D eigenvalue weighted by atomic mass is 10.2. The Morgan fingerprint density at radius 3 is 2.86 bits per heavy atom. The number of hydrogen-bond acceptors (Lipinski definition) is 4. The van der Waals surface area contributed by atoms with Crippen molar-refractivity contribution in [3.8, 4) is 0 Å². The van der Waals surface area contributed by atoms with E-state index in [2.05, 4.69) is 4.98 Å². The van der Waals surface area contributed by atoms with Crippen molar-refractivity contribution in [3.05, 3.63) is 28.8 Å². The maximum atomic E-state index is 12.6. The van der Waals surface area contributed by atoms with E-state index in [0.717, 1.165) is 24.9 Å². The molecule has 21 heavy (non-hydrogen) atoms. The summed E-state index contributed by atoms with van der Waals surface area (Å²) in [5.41, 5.74) is 1.22. The Morgan fingerprint density at radius 2 is 2.14 bits per heavy atom. The fraction of sp³-hybridized carbons (Fsp3) is 0.385. The van der Waals surface area contributed by atoms with Crippen LogP contribution in [0.15, 0.2) is 18.2 Å². The molecule has 0 N–H and O–H groups in total. The molecular formula is C13H12F3N3OS. The largest absolute Gasteiger partial charge is 0.443 e. The highest BCUT2D eigenvalue weighted by molar-refractivity contribution is 7.18. The Bertz CT molecular complexity index is 670. The Labute approximate surface area is 122 Å². The lowest BCUT2D eigenvalue weighted by Crippen LogP contribution is -2.34. The summed E-state index contributed by atoms with van der Waals surface area (Å²) in [6.07, 6.45) is -2.73. The topological polar surface area (TPSA) is 36.4 Å². The first-order valence-electron chi connectivity index (χ1n) is 6.41. The van der Waals surface area contributed by atoms with E-state index in [1.807, 2.05) is 5.01 Å². The third-order valence-corrected chi connectivity index (χ3v) is 4.41. The van der Waals surface area contributed by atoms with E-state index in [9.17, 15) is 18.0 Å². The van der Waals surface area contributed by atoms with Crippen LogP contribution in [0, 0.1) is 0 Å². The molecule has 1 aliphatic rings. The van der Waals surface area contributed by atoms with Crippen LogP contribution in [-0.2, 0) is 17.5 Å². The number of alkyl halides is 3. The van der Waals surface area contributed by atoms with Gasteiger partial charge in [0, 0.05) is 19.6 Å². The summed E-state index contributed by atoms with van der Waals surface area (Å²) in [4.78, 5) is 14.5. The van der Waals surface area contributed by atoms with Gasteiger partial charge in [0.05, 0.1) is 10.2 Å². The highest BCUT2D eigenvalue weighted by Crippen LogP contribution is 2.35. The van der Waals surface area contributed by atoms with E-state index in [0.29, 0.717) is 34.6 Å². The van der Waals surface area contributed by atoms with Crippen molar-refractivity contribution in [2.24, 2.45) is 0 Å². The molecule has 0 saturated carbocycles. The van der Waals surface area contributed by atoms with Gasteiger partial charge >= 0.3 is 6.18 Å². The average molecular weight is 315 g/mol. The van der Waals surface area contributed by atoms with E-state index < -0.39 is 11.2 Å². The molecule has 3 rings (SSSR count). The standard InChI is InChI=1S/C13H12F3N3OS/c14-13(15,16)12-17-10-3-2-9(6-11(10)21-12)7-18-4-1-5-19(18)8-20/h2-3,6,8H,1,4-5,7H2. The van der Waals surface area contributed by atoms with Crippen LogP contribution >= 0.6 is 11.3 Å². The predicted octanol–water partition coefficient (Wildman–Crippen LogP) is 2.89. The maximum Gasteiger partial charge on any atom is 0.443 e. The Balaban J connectivity index is 1.85. The third-order valence-electron chi connectivity index (χ3n) is 3.35. The summed E-state index contributed by atoms with van der Waals surface area (Å²) in [7, 11) is 0. The van der Waals surface area contributed by atoms with Crippen LogP contribution in [0.5, 0.6) is 0 Å². The lowest BCUT2D eigenvalue weighted by Gasteiger charge is -2.23. The van der Waals surface area contributed by atoms with Crippen molar-refractivity contribution in [1.29, 1.82) is 0 Å². The minimum Gasteiger partial charge on any atom is -0.278 e. The van der Waals surface area contributed by atoms with Crippen LogP contribution in [0.1, 0.15) is 17.0 Å². The first-order chi connectivity index (χ1) is 9.97. The number of halogens is 3. The molecule has 1 aromatic heterocycles. The van der Waals surface area contributed by atoms with Gasteiger partial charge in [0.15, 0.2) is 5.01 Å². The van der Waals surface area contributed by atoms with Gasteiger partial charge in [-0.05, 0) is 24.1 Å². The Hall–Kier alpha value is -1.67. The second-order valence-corrected chi connectivity index (χ2v) is 5.86. The maximum absolute atomic E-state index is 12.6. The van der Waals surface area contributed by atoms with E-state index in [4.69, 9.17) is 0 Å². The monoisotopic (exact) mass is 315 g/mol. The van der Waals surface area contributed by atoms with Gasteiger partial charge in [-0.3, -0.25) is 9.80 Å². The molecule has 0 bridgehead atoms. The van der Waals surface area contributed by atoms with Gasteiger partial charge in [0.1, 0.15) is 0 Å². The molecule has 0 radical (unpaired) electrons. The molecule has 0 aliphatic carbocycles. The zero-order chi connectivity index (χ0) is 15.0. The predicted molar refractivity (Wildman–Crippen MR) is 72.4 cm³/mol. The number of benzene rings is 1. The Kier molecular flexibility index (Phi) is 3.58. The zero-order valence-electron chi connectivity index (χ0n) is 10.9. The van der Waals surface area contributed by atoms with Crippen LogP contribution in [-0.4, -0.2) is 34.5 Å². The number of rotatable bonds is 3. The molecule has 4 nitrogen and oxygen atoms in total. The molecule has 2 aromatic rings. The van der Waals surface area contributed by atoms with Crippen LogP contribution in [0.2, 0.25) is 0 Å². The molecule has 0 spiro atoms. The van der Waals surface area contributed by atoms with Crippen LogP contribution in [0.4, 0.5) is 13.2 Å². The fourth-order valence-electron chi connectivity index (χ4n) is 2.37. The minimum atomic E-state index is -4.41. The molecule has 1 aliphatic heterocycles. The number of carbonyl (C=O) groups is 1. The first kappa shape index (κ1) is 14.3. The van der Waals surface area contributed by atoms with E-state index in [-0.39, 0.29) is 0 Å². The summed E-state index contributed by atoms with van der Waals surface area (Å²) in [5, 5.41) is 2.66. The normalized spacial score (nSPS) is 16.8. The van der Waals surface area contributed by atoms with Crippen LogP contribution in [0.3, 0.4) is 0 Å². The number of carbonyl (C=O) groups excluding carboxylic acids is 1. The third kappa shape index (κ3) is 2.86. The number of hydrazine groups is 1. The fourth-order valence-corrected chi connectivity index (χ4v) is 3.27. The van der Waals surface area contributed by atoms with Gasteiger partial charge in [-0.15, -0.1) is 11.3 Å². The SMILES string of the molecule is O=CN1CCCN1Cc1ccc2nc(C(F)(F)F)sc2c1. The van der Waals surface area contributed by atoms with Gasteiger partial charge in [-0.25, -0.2) is 9.99 Å².